The van der Waals surface area contributed by atoms with Gasteiger partial charge in [-0.15, -0.1) is 0 Å². The zero-order chi connectivity index (χ0) is 28.9. The van der Waals surface area contributed by atoms with Crippen molar-refractivity contribution in [3.05, 3.63) is 119 Å². The Balaban J connectivity index is 0.000000240. The lowest BCUT2D eigenvalue weighted by Gasteiger charge is -2.29. The van der Waals surface area contributed by atoms with E-state index in [1.807, 2.05) is 36.4 Å². The molecular weight excluding hydrogens is 508 g/mol. The van der Waals surface area contributed by atoms with Crippen LogP contribution in [-0.4, -0.2) is 40.4 Å². The van der Waals surface area contributed by atoms with Gasteiger partial charge >= 0.3 is 11.9 Å². The van der Waals surface area contributed by atoms with E-state index in [9.17, 15) is 19.2 Å². The van der Waals surface area contributed by atoms with Crippen molar-refractivity contribution in [1.29, 1.82) is 0 Å². The minimum absolute atomic E-state index is 0.0359. The van der Waals surface area contributed by atoms with Crippen molar-refractivity contribution in [3.63, 3.8) is 0 Å². The lowest BCUT2D eigenvalue weighted by atomic mass is 9.80. The summed E-state index contributed by atoms with van der Waals surface area (Å²) in [7, 11) is 0. The molecule has 2 aliphatic rings. The number of fused-ring (bicyclic) bond motifs is 1. The highest BCUT2D eigenvalue weighted by Crippen LogP contribution is 2.32. The topological polar surface area (TPSA) is 138 Å². The van der Waals surface area contributed by atoms with Crippen LogP contribution in [0.3, 0.4) is 0 Å². The highest BCUT2D eigenvalue weighted by atomic mass is 16.4. The second-order valence-corrected chi connectivity index (χ2v) is 9.94. The molecule has 8 nitrogen and oxygen atoms in total. The molecule has 5 rings (SSSR count). The Kier molecular flexibility index (Phi) is 8.29. The number of ketones is 1. The van der Waals surface area contributed by atoms with Crippen LogP contribution in [0, 0.1) is 5.41 Å². The third kappa shape index (κ3) is 6.02. The molecule has 1 amide bonds. The van der Waals surface area contributed by atoms with Gasteiger partial charge in [-0.1, -0.05) is 72.8 Å². The van der Waals surface area contributed by atoms with Crippen molar-refractivity contribution in [2.45, 2.75) is 26.2 Å². The number of nitrogens with zero attached hydrogens (tertiary/aromatic N) is 1. The molecule has 4 N–H and O–H groups in total. The number of amides is 1. The Morgan fingerprint density at radius 2 is 1.60 bits per heavy atom. The van der Waals surface area contributed by atoms with Crippen LogP contribution in [0.1, 0.15) is 51.6 Å². The van der Waals surface area contributed by atoms with Gasteiger partial charge in [-0.05, 0) is 49.9 Å². The Morgan fingerprint density at radius 3 is 2.27 bits per heavy atom. The normalized spacial score (nSPS) is 17.5. The van der Waals surface area contributed by atoms with Gasteiger partial charge in [0.15, 0.2) is 5.78 Å². The zero-order valence-corrected chi connectivity index (χ0v) is 22.0. The number of rotatable bonds is 5. The van der Waals surface area contributed by atoms with Gasteiger partial charge in [0.05, 0.1) is 11.0 Å². The van der Waals surface area contributed by atoms with Crippen molar-refractivity contribution >= 4 is 35.0 Å². The molecule has 1 atom stereocenters. The maximum absolute atomic E-state index is 13.1. The van der Waals surface area contributed by atoms with Gasteiger partial charge in [0.1, 0.15) is 0 Å². The van der Waals surface area contributed by atoms with E-state index < -0.39 is 17.4 Å². The minimum atomic E-state index is -1.08. The number of anilines is 2. The first kappa shape index (κ1) is 28.0. The number of aliphatic carboxylic acids is 2. The number of benzene rings is 3. The third-order valence-electron chi connectivity index (χ3n) is 7.02. The number of carboxylic acid groups (broad SMARTS) is 2. The van der Waals surface area contributed by atoms with E-state index in [2.05, 4.69) is 6.07 Å². The van der Waals surface area contributed by atoms with E-state index in [1.165, 1.54) is 30.7 Å². The first-order valence-electron chi connectivity index (χ1n) is 12.8. The van der Waals surface area contributed by atoms with E-state index in [-0.39, 0.29) is 23.7 Å². The van der Waals surface area contributed by atoms with E-state index in [4.69, 9.17) is 15.9 Å². The Hall–Kier alpha value is -4.98. The van der Waals surface area contributed by atoms with E-state index in [0.29, 0.717) is 28.9 Å². The first-order chi connectivity index (χ1) is 19.1. The molecule has 3 aromatic carbocycles. The maximum Gasteiger partial charge on any atom is 0.331 e. The van der Waals surface area contributed by atoms with Crippen molar-refractivity contribution in [2.75, 3.05) is 17.2 Å². The van der Waals surface area contributed by atoms with Gasteiger partial charge in [0.2, 0.25) is 0 Å². The quantitative estimate of drug-likeness (QED) is 0.302. The third-order valence-corrected chi connectivity index (χ3v) is 7.02. The van der Waals surface area contributed by atoms with Gasteiger partial charge in [-0.3, -0.25) is 14.4 Å². The smallest absolute Gasteiger partial charge is 0.331 e. The Labute approximate surface area is 232 Å². The summed E-state index contributed by atoms with van der Waals surface area (Å²) >= 11 is 0. The van der Waals surface area contributed by atoms with Crippen LogP contribution in [0.2, 0.25) is 0 Å². The maximum atomic E-state index is 13.1. The van der Waals surface area contributed by atoms with Crippen LogP contribution >= 0.6 is 0 Å². The monoisotopic (exact) mass is 538 g/mol. The summed E-state index contributed by atoms with van der Waals surface area (Å²) < 4.78 is 0. The van der Waals surface area contributed by atoms with Crippen LogP contribution in [-0.2, 0) is 16.0 Å². The number of allylic oxidation sites excluding steroid dienone is 2. The SMILES string of the molecule is CC1(C(=O)O)C=CC=C(C(=O)O)C1.Nc1cc(C(=O)c2ccccc2)ccc1C(=O)N1CCCc2ccccc21. The summed E-state index contributed by atoms with van der Waals surface area (Å²) in [6, 6.07) is 21.9. The number of aryl methyl sites for hydroxylation is 1. The molecular formula is C32H30N2O6. The molecule has 1 heterocycles. The average Bonchev–Trinajstić information content (AvgIpc) is 2.97. The molecule has 0 aromatic heterocycles. The highest BCUT2D eigenvalue weighted by Gasteiger charge is 2.34. The molecule has 0 bridgehead atoms. The number of hydrogen-bond acceptors (Lipinski definition) is 5. The van der Waals surface area contributed by atoms with Gasteiger partial charge in [0, 0.05) is 34.6 Å². The fraction of sp³-hybridized carbons (Fsp3) is 0.188. The summed E-state index contributed by atoms with van der Waals surface area (Å²) in [5.41, 5.74) is 9.16. The van der Waals surface area contributed by atoms with Gasteiger partial charge in [-0.2, -0.15) is 0 Å². The van der Waals surface area contributed by atoms with Gasteiger partial charge in [0.25, 0.3) is 5.91 Å². The fourth-order valence-corrected chi connectivity index (χ4v) is 4.73. The second kappa shape index (κ2) is 11.8. The summed E-state index contributed by atoms with van der Waals surface area (Å²) in [6.45, 7) is 2.17. The molecule has 1 aliphatic heterocycles. The number of carbonyl (C=O) groups is 4. The predicted octanol–water partition coefficient (Wildman–Crippen LogP) is 5.14. The van der Waals surface area contributed by atoms with Crippen molar-refractivity contribution in [1.82, 2.24) is 0 Å². The Bertz CT molecular complexity index is 1530. The van der Waals surface area contributed by atoms with Gasteiger partial charge < -0.3 is 20.8 Å². The molecule has 8 heteroatoms. The summed E-state index contributed by atoms with van der Waals surface area (Å²) in [5, 5.41) is 17.5. The molecule has 0 saturated carbocycles. The number of carbonyl (C=O) groups excluding carboxylic acids is 2. The lowest BCUT2D eigenvalue weighted by molar-refractivity contribution is -0.145. The zero-order valence-electron chi connectivity index (χ0n) is 22.0. The Morgan fingerprint density at radius 1 is 0.900 bits per heavy atom. The predicted molar refractivity (Wildman–Crippen MR) is 152 cm³/mol. The molecule has 0 radical (unpaired) electrons. The van der Waals surface area contributed by atoms with Crippen LogP contribution < -0.4 is 10.6 Å². The summed E-state index contributed by atoms with van der Waals surface area (Å²) in [5.74, 6) is -2.30. The van der Waals surface area contributed by atoms with Crippen molar-refractivity contribution in [3.8, 4) is 0 Å². The number of nitrogens with two attached hydrogens (primary N) is 1. The largest absolute Gasteiger partial charge is 0.481 e. The van der Waals surface area contributed by atoms with Crippen LogP contribution in [0.25, 0.3) is 0 Å². The summed E-state index contributed by atoms with van der Waals surface area (Å²) in [6.07, 6.45) is 6.33. The first-order valence-corrected chi connectivity index (χ1v) is 12.8. The molecule has 0 saturated heterocycles. The number of hydrogen-bond donors (Lipinski definition) is 3. The number of carboxylic acids is 2. The number of nitrogen functional groups attached to an aromatic ring is 1. The van der Waals surface area contributed by atoms with Crippen molar-refractivity contribution < 1.29 is 29.4 Å². The van der Waals surface area contributed by atoms with Crippen LogP contribution in [0.5, 0.6) is 0 Å². The minimum Gasteiger partial charge on any atom is -0.481 e. The fourth-order valence-electron chi connectivity index (χ4n) is 4.73. The molecule has 0 spiro atoms. The number of para-hydroxylation sites is 1. The average molecular weight is 539 g/mol. The molecule has 40 heavy (non-hydrogen) atoms. The molecule has 1 unspecified atom stereocenters. The van der Waals surface area contributed by atoms with Crippen LogP contribution in [0.4, 0.5) is 11.4 Å². The molecule has 1 aliphatic carbocycles. The second-order valence-electron chi connectivity index (χ2n) is 9.94. The van der Waals surface area contributed by atoms with Crippen LogP contribution in [0.15, 0.2) is 96.6 Å². The highest BCUT2D eigenvalue weighted by molar-refractivity contribution is 6.13. The molecule has 204 valence electrons. The molecule has 0 fully saturated rings. The summed E-state index contributed by atoms with van der Waals surface area (Å²) in [4.78, 5) is 48.8. The molecule has 3 aromatic rings. The van der Waals surface area contributed by atoms with Gasteiger partial charge in [-0.25, -0.2) is 4.79 Å². The van der Waals surface area contributed by atoms with E-state index in [0.717, 1.165) is 18.5 Å². The standard InChI is InChI=1S/C23H20N2O2.C9H10O4/c24-20-15-18(22(26)17-8-2-1-3-9-17)12-13-19(20)23(27)25-14-6-10-16-7-4-5-11-21(16)25;1-9(8(12)13)4-2-3-6(5-9)7(10)11/h1-5,7-9,11-13,15H,6,10,14,24H2;2-4H,5H2,1H3,(H,10,11)(H,12,13). The van der Waals surface area contributed by atoms with E-state index in [1.54, 1.807) is 35.2 Å². The van der Waals surface area contributed by atoms with Crippen molar-refractivity contribution in [2.24, 2.45) is 5.41 Å². The van der Waals surface area contributed by atoms with E-state index >= 15 is 0 Å². The lowest BCUT2D eigenvalue weighted by Crippen LogP contribution is -2.35.